The van der Waals surface area contributed by atoms with E-state index in [2.05, 4.69) is 146 Å². The summed E-state index contributed by atoms with van der Waals surface area (Å²) in [7, 11) is 0. The van der Waals surface area contributed by atoms with Crippen molar-refractivity contribution < 1.29 is 4.42 Å². The van der Waals surface area contributed by atoms with Crippen molar-refractivity contribution >= 4 is 38.9 Å². The third-order valence-corrected chi connectivity index (χ3v) is 9.67. The van der Waals surface area contributed by atoms with Gasteiger partial charge in [0.1, 0.15) is 5.52 Å². The van der Waals surface area contributed by atoms with Crippen molar-refractivity contribution in [3.05, 3.63) is 169 Å². The summed E-state index contributed by atoms with van der Waals surface area (Å²) in [6.07, 6.45) is 0. The van der Waals surface area contributed by atoms with Crippen LogP contribution in [0.2, 0.25) is 0 Å². The fourth-order valence-corrected chi connectivity index (χ4v) is 7.29. The average Bonchev–Trinajstić information content (AvgIpc) is 3.66. The number of fused-ring (bicyclic) bond motifs is 6. The molecule has 0 unspecified atom stereocenters. The number of benzene rings is 7. The first-order valence-electron chi connectivity index (χ1n) is 16.1. The monoisotopic (exact) mass is 604 g/mol. The highest BCUT2D eigenvalue weighted by Gasteiger charge is 2.35. The molecule has 0 amide bonds. The lowest BCUT2D eigenvalue weighted by Crippen LogP contribution is -2.15. The van der Waals surface area contributed by atoms with Crippen LogP contribution in [-0.4, -0.2) is 4.98 Å². The van der Waals surface area contributed by atoms with Crippen molar-refractivity contribution in [3.8, 4) is 33.7 Å². The van der Waals surface area contributed by atoms with Crippen molar-refractivity contribution in [2.24, 2.45) is 0 Å². The molecule has 1 aliphatic carbocycles. The van der Waals surface area contributed by atoms with Crippen LogP contribution in [0.25, 0.3) is 55.6 Å². The van der Waals surface area contributed by atoms with Gasteiger partial charge in [-0.1, -0.05) is 111 Å². The molecule has 7 aromatic carbocycles. The summed E-state index contributed by atoms with van der Waals surface area (Å²) in [5.41, 5.74) is 13.6. The van der Waals surface area contributed by atoms with Crippen LogP contribution in [0.4, 0.5) is 17.1 Å². The van der Waals surface area contributed by atoms with Crippen LogP contribution in [0.3, 0.4) is 0 Å². The van der Waals surface area contributed by atoms with E-state index in [4.69, 9.17) is 9.40 Å². The van der Waals surface area contributed by atoms with Gasteiger partial charge >= 0.3 is 0 Å². The average molecular weight is 605 g/mol. The Morgan fingerprint density at radius 2 is 1.17 bits per heavy atom. The number of nitrogens with zero attached hydrogens (tertiary/aromatic N) is 2. The predicted octanol–water partition coefficient (Wildman–Crippen LogP) is 12.1. The number of hydrogen-bond donors (Lipinski definition) is 0. The molecule has 47 heavy (non-hydrogen) atoms. The molecule has 0 aliphatic heterocycles. The van der Waals surface area contributed by atoms with Crippen LogP contribution in [-0.2, 0) is 5.41 Å². The van der Waals surface area contributed by atoms with Crippen molar-refractivity contribution in [1.29, 1.82) is 0 Å². The second-order valence-corrected chi connectivity index (χ2v) is 12.9. The van der Waals surface area contributed by atoms with Gasteiger partial charge in [-0.2, -0.15) is 0 Å². The highest BCUT2D eigenvalue weighted by atomic mass is 16.3. The molecule has 1 aromatic heterocycles. The molecule has 0 fully saturated rings. The fourth-order valence-electron chi connectivity index (χ4n) is 7.29. The highest BCUT2D eigenvalue weighted by Crippen LogP contribution is 2.50. The zero-order valence-corrected chi connectivity index (χ0v) is 26.3. The summed E-state index contributed by atoms with van der Waals surface area (Å²) in [5.74, 6) is 0.637. The summed E-state index contributed by atoms with van der Waals surface area (Å²) in [6, 6.07) is 56.1. The number of rotatable bonds is 5. The molecular formula is C44H32N2O. The lowest BCUT2D eigenvalue weighted by atomic mass is 9.82. The standard InChI is InChI=1S/C44H32N2O/c1-44(2)39-19-10-9-18-37(39)38-28-35(22-24-40(38)44)46(33-17-11-16-31(26-33)29-12-5-3-6-13-29)34-21-23-36-32(27-34)20-25-41-42(36)47-43(45-41)30-14-7-4-8-15-30/h3-28H,1-2H3. The van der Waals surface area contributed by atoms with Gasteiger partial charge in [-0.25, -0.2) is 4.98 Å². The van der Waals surface area contributed by atoms with Crippen LogP contribution >= 0.6 is 0 Å². The van der Waals surface area contributed by atoms with Gasteiger partial charge in [0.05, 0.1) is 0 Å². The molecule has 1 heterocycles. The highest BCUT2D eigenvalue weighted by molar-refractivity contribution is 6.05. The first-order valence-corrected chi connectivity index (χ1v) is 16.1. The van der Waals surface area contributed by atoms with Crippen LogP contribution in [0.5, 0.6) is 0 Å². The minimum atomic E-state index is -0.0491. The quantitative estimate of drug-likeness (QED) is 0.196. The summed E-state index contributed by atoms with van der Waals surface area (Å²) in [5, 5.41) is 2.14. The molecule has 3 nitrogen and oxygen atoms in total. The Morgan fingerprint density at radius 3 is 2.00 bits per heavy atom. The van der Waals surface area contributed by atoms with E-state index in [1.165, 1.54) is 33.4 Å². The van der Waals surface area contributed by atoms with Gasteiger partial charge in [0.2, 0.25) is 5.89 Å². The summed E-state index contributed by atoms with van der Waals surface area (Å²) >= 11 is 0. The molecule has 1 aliphatic rings. The van der Waals surface area contributed by atoms with Gasteiger partial charge in [-0.3, -0.25) is 0 Å². The van der Waals surface area contributed by atoms with Crippen LogP contribution in [0, 0.1) is 0 Å². The number of aromatic nitrogens is 1. The Kier molecular flexibility index (Phi) is 6.16. The van der Waals surface area contributed by atoms with Gasteiger partial charge in [-0.15, -0.1) is 0 Å². The van der Waals surface area contributed by atoms with Gasteiger partial charge < -0.3 is 9.32 Å². The molecule has 0 saturated heterocycles. The maximum atomic E-state index is 6.38. The summed E-state index contributed by atoms with van der Waals surface area (Å²) in [4.78, 5) is 7.19. The van der Waals surface area contributed by atoms with E-state index in [0.29, 0.717) is 5.89 Å². The second kappa shape index (κ2) is 10.6. The van der Waals surface area contributed by atoms with Gasteiger partial charge in [0, 0.05) is 33.4 Å². The molecule has 8 aromatic rings. The van der Waals surface area contributed by atoms with Gasteiger partial charge in [-0.05, 0) is 99.4 Å². The fraction of sp³-hybridized carbons (Fsp3) is 0.0682. The first-order chi connectivity index (χ1) is 23.0. The Hall–Kier alpha value is -5.93. The summed E-state index contributed by atoms with van der Waals surface area (Å²) < 4.78 is 6.38. The smallest absolute Gasteiger partial charge is 0.227 e. The zero-order chi connectivity index (χ0) is 31.5. The molecule has 0 N–H and O–H groups in total. The number of anilines is 3. The van der Waals surface area contributed by atoms with Crippen LogP contribution < -0.4 is 4.90 Å². The predicted molar refractivity (Wildman–Crippen MR) is 195 cm³/mol. The second-order valence-electron chi connectivity index (χ2n) is 12.9. The Labute approximate surface area is 274 Å². The van der Waals surface area contributed by atoms with Crippen LogP contribution in [0.15, 0.2) is 162 Å². The molecule has 9 rings (SSSR count). The Bertz CT molecular complexity index is 2440. The van der Waals surface area contributed by atoms with Crippen molar-refractivity contribution in [3.63, 3.8) is 0 Å². The van der Waals surface area contributed by atoms with E-state index in [1.54, 1.807) is 0 Å². The molecular weight excluding hydrogens is 572 g/mol. The minimum absolute atomic E-state index is 0.0491. The zero-order valence-electron chi connectivity index (χ0n) is 26.3. The lowest BCUT2D eigenvalue weighted by molar-refractivity contribution is 0.623. The van der Waals surface area contributed by atoms with Crippen LogP contribution in [0.1, 0.15) is 25.0 Å². The van der Waals surface area contributed by atoms with E-state index < -0.39 is 0 Å². The Balaban J connectivity index is 1.22. The van der Waals surface area contributed by atoms with E-state index in [1.807, 2.05) is 30.3 Å². The first kappa shape index (κ1) is 27.4. The molecule has 0 atom stereocenters. The largest absolute Gasteiger partial charge is 0.435 e. The maximum Gasteiger partial charge on any atom is 0.227 e. The summed E-state index contributed by atoms with van der Waals surface area (Å²) in [6.45, 7) is 4.66. The van der Waals surface area contributed by atoms with Crippen molar-refractivity contribution in [2.75, 3.05) is 4.90 Å². The third-order valence-electron chi connectivity index (χ3n) is 9.67. The number of hydrogen-bond acceptors (Lipinski definition) is 3. The molecule has 3 heteroatoms. The molecule has 0 spiro atoms. The molecule has 0 radical (unpaired) electrons. The van der Waals surface area contributed by atoms with Crippen molar-refractivity contribution in [1.82, 2.24) is 4.98 Å². The van der Waals surface area contributed by atoms with E-state index in [0.717, 1.165) is 44.5 Å². The molecule has 0 saturated carbocycles. The van der Waals surface area contributed by atoms with E-state index in [-0.39, 0.29) is 5.41 Å². The molecule has 224 valence electrons. The SMILES string of the molecule is CC1(C)c2ccccc2-c2cc(N(c3cccc(-c4ccccc4)c3)c3ccc4c(ccc5nc(-c6ccccc6)oc54)c3)ccc21. The molecule has 0 bridgehead atoms. The third kappa shape index (κ3) is 4.46. The lowest BCUT2D eigenvalue weighted by Gasteiger charge is -2.28. The maximum absolute atomic E-state index is 6.38. The Morgan fingerprint density at radius 1 is 0.511 bits per heavy atom. The van der Waals surface area contributed by atoms with E-state index >= 15 is 0 Å². The van der Waals surface area contributed by atoms with Gasteiger partial charge in [0.15, 0.2) is 5.58 Å². The minimum Gasteiger partial charge on any atom is -0.435 e. The topological polar surface area (TPSA) is 29.3 Å². The number of oxazole rings is 1. The van der Waals surface area contributed by atoms with E-state index in [9.17, 15) is 0 Å². The van der Waals surface area contributed by atoms with Gasteiger partial charge in [0.25, 0.3) is 0 Å². The normalized spacial score (nSPS) is 13.1. The van der Waals surface area contributed by atoms with Crippen molar-refractivity contribution in [2.45, 2.75) is 19.3 Å².